The van der Waals surface area contributed by atoms with Crippen LogP contribution in [0.3, 0.4) is 0 Å². The molecule has 132 valence electrons. The maximum absolute atomic E-state index is 12.4. The second-order valence-corrected chi connectivity index (χ2v) is 6.68. The fraction of sp³-hybridized carbons (Fsp3) is 0.474. The quantitative estimate of drug-likeness (QED) is 0.894. The van der Waals surface area contributed by atoms with Crippen molar-refractivity contribution in [3.63, 3.8) is 0 Å². The molecule has 2 aliphatic heterocycles. The minimum atomic E-state index is -0.0487. The zero-order valence-electron chi connectivity index (χ0n) is 14.6. The highest BCUT2D eigenvalue weighted by Gasteiger charge is 2.32. The first-order chi connectivity index (χ1) is 12.3. The van der Waals surface area contributed by atoms with E-state index in [9.17, 15) is 4.79 Å². The van der Waals surface area contributed by atoms with Crippen molar-refractivity contribution in [1.82, 2.24) is 10.2 Å². The van der Waals surface area contributed by atoms with Crippen LogP contribution in [0.2, 0.25) is 0 Å². The number of methoxy groups -OCH3 is 1. The van der Waals surface area contributed by atoms with E-state index >= 15 is 0 Å². The fourth-order valence-corrected chi connectivity index (χ4v) is 3.80. The number of nitrogens with zero attached hydrogens (tertiary/aromatic N) is 3. The Hall–Kier alpha value is -2.50. The Morgan fingerprint density at radius 1 is 1.16 bits per heavy atom. The number of ether oxygens (including phenoxy) is 1. The van der Waals surface area contributed by atoms with E-state index in [4.69, 9.17) is 9.73 Å². The van der Waals surface area contributed by atoms with Crippen LogP contribution in [-0.2, 0) is 4.79 Å². The molecule has 6 heteroatoms. The topological polar surface area (TPSA) is 57.2 Å². The van der Waals surface area contributed by atoms with Crippen LogP contribution in [0.1, 0.15) is 19.3 Å². The lowest BCUT2D eigenvalue weighted by Crippen LogP contribution is -2.56. The summed E-state index contributed by atoms with van der Waals surface area (Å²) in [4.78, 5) is 21.6. The number of para-hydroxylation sites is 2. The van der Waals surface area contributed by atoms with Gasteiger partial charge < -0.3 is 14.5 Å². The van der Waals surface area contributed by atoms with Gasteiger partial charge in [0.15, 0.2) is 0 Å². The largest absolute Gasteiger partial charge is 0.495 e. The third-order valence-electron chi connectivity index (χ3n) is 5.20. The molecule has 0 radical (unpaired) electrons. The minimum Gasteiger partial charge on any atom is -0.495 e. The molecule has 1 saturated heterocycles. The molecule has 0 aromatic heterocycles. The van der Waals surface area contributed by atoms with E-state index in [-0.39, 0.29) is 11.8 Å². The number of fused-ring (bicyclic) bond motifs is 1. The standard InChI is InChI=1S/C19H24N4O2/c1-25-17-9-5-4-8-16(17)22-10-12-23(13-11-22)19-20-15-7-3-2-6-14(15)18(24)21-19/h4-5,7-9,14H,2-3,6,10-13H2,1H3,(H,20,21,24). The highest BCUT2D eigenvalue weighted by molar-refractivity contribution is 6.02. The van der Waals surface area contributed by atoms with Crippen LogP contribution in [0.4, 0.5) is 5.69 Å². The molecular weight excluding hydrogens is 316 g/mol. The highest BCUT2D eigenvalue weighted by Crippen LogP contribution is 2.30. The zero-order chi connectivity index (χ0) is 17.2. The molecule has 1 unspecified atom stereocenters. The molecule has 25 heavy (non-hydrogen) atoms. The number of carbonyl (C=O) groups excluding carboxylic acids is 1. The first kappa shape index (κ1) is 16.0. The van der Waals surface area contributed by atoms with Crippen LogP contribution in [0.15, 0.2) is 41.0 Å². The second kappa shape index (κ2) is 6.78. The van der Waals surface area contributed by atoms with Crippen molar-refractivity contribution < 1.29 is 9.53 Å². The Balaban J connectivity index is 1.46. The Kier molecular flexibility index (Phi) is 4.34. The molecule has 6 nitrogen and oxygen atoms in total. The summed E-state index contributed by atoms with van der Waals surface area (Å²) in [6, 6.07) is 8.10. The molecule has 4 rings (SSSR count). The highest BCUT2D eigenvalue weighted by atomic mass is 16.5. The SMILES string of the molecule is COc1ccccc1N1CCN(C2=NC3=CCCCC3C(=O)N2)CC1. The second-order valence-electron chi connectivity index (χ2n) is 6.68. The average molecular weight is 340 g/mol. The molecule has 1 amide bonds. The number of piperazine rings is 1. The maximum Gasteiger partial charge on any atom is 0.235 e. The number of hydrogen-bond acceptors (Lipinski definition) is 5. The number of carbonyl (C=O) groups is 1. The minimum absolute atomic E-state index is 0.0487. The smallest absolute Gasteiger partial charge is 0.235 e. The van der Waals surface area contributed by atoms with Crippen LogP contribution in [-0.4, -0.2) is 50.1 Å². The lowest BCUT2D eigenvalue weighted by atomic mass is 9.91. The van der Waals surface area contributed by atoms with E-state index in [1.54, 1.807) is 7.11 Å². The number of amides is 1. The van der Waals surface area contributed by atoms with Gasteiger partial charge >= 0.3 is 0 Å². The van der Waals surface area contributed by atoms with Gasteiger partial charge in [0.25, 0.3) is 0 Å². The summed E-state index contributed by atoms with van der Waals surface area (Å²) >= 11 is 0. The van der Waals surface area contributed by atoms with Gasteiger partial charge in [-0.25, -0.2) is 4.99 Å². The molecule has 1 N–H and O–H groups in total. The fourth-order valence-electron chi connectivity index (χ4n) is 3.80. The number of aliphatic imine (C=N–C) groups is 1. The summed E-state index contributed by atoms with van der Waals surface area (Å²) in [5, 5.41) is 3.02. The van der Waals surface area contributed by atoms with Gasteiger partial charge in [-0.05, 0) is 31.4 Å². The molecule has 1 aromatic rings. The van der Waals surface area contributed by atoms with Gasteiger partial charge in [-0.15, -0.1) is 0 Å². The number of benzene rings is 1. The van der Waals surface area contributed by atoms with Crippen molar-refractivity contribution in [2.45, 2.75) is 19.3 Å². The first-order valence-corrected chi connectivity index (χ1v) is 8.99. The molecule has 1 fully saturated rings. The van der Waals surface area contributed by atoms with Gasteiger partial charge in [-0.3, -0.25) is 10.1 Å². The summed E-state index contributed by atoms with van der Waals surface area (Å²) in [5.41, 5.74) is 2.08. The van der Waals surface area contributed by atoms with E-state index in [0.717, 1.165) is 62.6 Å². The monoisotopic (exact) mass is 340 g/mol. The molecular formula is C19H24N4O2. The normalized spacial score (nSPS) is 23.4. The molecule has 2 heterocycles. The van der Waals surface area contributed by atoms with Crippen molar-refractivity contribution in [3.8, 4) is 5.75 Å². The summed E-state index contributed by atoms with van der Waals surface area (Å²) < 4.78 is 5.47. The number of hydrogen-bond donors (Lipinski definition) is 1. The van der Waals surface area contributed by atoms with Crippen LogP contribution in [0.25, 0.3) is 0 Å². The van der Waals surface area contributed by atoms with Crippen molar-refractivity contribution in [1.29, 1.82) is 0 Å². The molecule has 0 spiro atoms. The molecule has 0 bridgehead atoms. The van der Waals surface area contributed by atoms with E-state index in [1.165, 1.54) is 0 Å². The zero-order valence-corrected chi connectivity index (χ0v) is 14.6. The van der Waals surface area contributed by atoms with Crippen LogP contribution >= 0.6 is 0 Å². The van der Waals surface area contributed by atoms with Gasteiger partial charge in [0, 0.05) is 26.2 Å². The number of anilines is 1. The summed E-state index contributed by atoms with van der Waals surface area (Å²) in [6.45, 7) is 3.40. The predicted octanol–water partition coefficient (Wildman–Crippen LogP) is 1.99. The summed E-state index contributed by atoms with van der Waals surface area (Å²) in [5.74, 6) is 1.67. The average Bonchev–Trinajstić information content (AvgIpc) is 2.68. The predicted molar refractivity (Wildman–Crippen MR) is 97.8 cm³/mol. The Bertz CT molecular complexity index is 720. The van der Waals surface area contributed by atoms with Crippen LogP contribution in [0.5, 0.6) is 5.75 Å². The van der Waals surface area contributed by atoms with Crippen molar-refractivity contribution in [2.75, 3.05) is 38.2 Å². The molecule has 1 aliphatic carbocycles. The van der Waals surface area contributed by atoms with E-state index in [1.807, 2.05) is 18.2 Å². The van der Waals surface area contributed by atoms with E-state index in [2.05, 4.69) is 27.3 Å². The lowest BCUT2D eigenvalue weighted by molar-refractivity contribution is -0.123. The molecule has 0 saturated carbocycles. The van der Waals surface area contributed by atoms with Gasteiger partial charge in [0.05, 0.1) is 24.4 Å². The third-order valence-corrected chi connectivity index (χ3v) is 5.20. The molecule has 1 aromatic carbocycles. The van der Waals surface area contributed by atoms with Crippen LogP contribution < -0.4 is 15.0 Å². The van der Waals surface area contributed by atoms with E-state index < -0.39 is 0 Å². The summed E-state index contributed by atoms with van der Waals surface area (Å²) in [7, 11) is 1.70. The molecule has 1 atom stereocenters. The Labute approximate surface area is 148 Å². The van der Waals surface area contributed by atoms with E-state index in [0.29, 0.717) is 5.96 Å². The molecule has 3 aliphatic rings. The van der Waals surface area contributed by atoms with Crippen molar-refractivity contribution >= 4 is 17.6 Å². The van der Waals surface area contributed by atoms with Gasteiger partial charge in [-0.1, -0.05) is 18.2 Å². The van der Waals surface area contributed by atoms with Gasteiger partial charge in [0.2, 0.25) is 11.9 Å². The summed E-state index contributed by atoms with van der Waals surface area (Å²) in [6.07, 6.45) is 5.13. The Morgan fingerprint density at radius 3 is 2.72 bits per heavy atom. The van der Waals surface area contributed by atoms with Crippen molar-refractivity contribution in [3.05, 3.63) is 36.0 Å². The Morgan fingerprint density at radius 2 is 1.92 bits per heavy atom. The number of nitrogens with one attached hydrogen (secondary N) is 1. The van der Waals surface area contributed by atoms with Crippen LogP contribution in [0, 0.1) is 5.92 Å². The van der Waals surface area contributed by atoms with Crippen molar-refractivity contribution in [2.24, 2.45) is 10.9 Å². The lowest BCUT2D eigenvalue weighted by Gasteiger charge is -2.39. The first-order valence-electron chi connectivity index (χ1n) is 8.99. The third kappa shape index (κ3) is 3.08. The van der Waals surface area contributed by atoms with Gasteiger partial charge in [-0.2, -0.15) is 0 Å². The van der Waals surface area contributed by atoms with Gasteiger partial charge in [0.1, 0.15) is 5.75 Å². The number of rotatable bonds is 2. The number of guanidine groups is 1. The maximum atomic E-state index is 12.4. The number of allylic oxidation sites excluding steroid dienone is 1.